The van der Waals surface area contributed by atoms with Crippen molar-refractivity contribution >= 4 is 17.5 Å². The van der Waals surface area contributed by atoms with E-state index in [1.165, 1.54) is 0 Å². The number of rotatable bonds is 5. The number of fused-ring (bicyclic) bond motifs is 1. The van der Waals surface area contributed by atoms with Gasteiger partial charge >= 0.3 is 0 Å². The lowest BCUT2D eigenvalue weighted by molar-refractivity contribution is 0.340. The number of aromatic nitrogens is 2. The first-order valence-electron chi connectivity index (χ1n) is 8.37. The van der Waals surface area contributed by atoms with E-state index in [2.05, 4.69) is 23.0 Å². The molecule has 1 aromatic heterocycles. The van der Waals surface area contributed by atoms with Gasteiger partial charge in [0.15, 0.2) is 5.16 Å². The summed E-state index contributed by atoms with van der Waals surface area (Å²) in [6, 6.07) is 16.0. The summed E-state index contributed by atoms with van der Waals surface area (Å²) in [6.07, 6.45) is 2.01. The smallest absolute Gasteiger partial charge is 0.192 e. The van der Waals surface area contributed by atoms with Crippen LogP contribution in [0.3, 0.4) is 0 Å². The van der Waals surface area contributed by atoms with Gasteiger partial charge in [0.2, 0.25) is 0 Å². The highest BCUT2D eigenvalue weighted by molar-refractivity contribution is 8.02. The van der Waals surface area contributed by atoms with Gasteiger partial charge in [0.05, 0.1) is 31.3 Å². The summed E-state index contributed by atoms with van der Waals surface area (Å²) in [4.78, 5) is 4.70. The van der Waals surface area contributed by atoms with Crippen molar-refractivity contribution in [3.05, 3.63) is 65.7 Å². The van der Waals surface area contributed by atoms with Gasteiger partial charge in [0.1, 0.15) is 11.5 Å². The molecule has 2 aromatic carbocycles. The molecule has 4 rings (SSSR count). The first-order chi connectivity index (χ1) is 12.8. The Morgan fingerprint density at radius 1 is 1.00 bits per heavy atom. The Bertz CT molecular complexity index is 931. The number of imidazole rings is 1. The highest BCUT2D eigenvalue weighted by atomic mass is 32.2. The van der Waals surface area contributed by atoms with E-state index >= 15 is 0 Å². The van der Waals surface area contributed by atoms with E-state index in [0.29, 0.717) is 6.61 Å². The third kappa shape index (κ3) is 3.28. The molecule has 1 aliphatic heterocycles. The van der Waals surface area contributed by atoms with E-state index in [1.807, 2.05) is 54.2 Å². The van der Waals surface area contributed by atoms with Crippen LogP contribution in [0, 0.1) is 0 Å². The average Bonchev–Trinajstić information content (AvgIpc) is 3.12. The van der Waals surface area contributed by atoms with Crippen molar-refractivity contribution in [1.82, 2.24) is 9.66 Å². The van der Waals surface area contributed by atoms with Crippen molar-refractivity contribution in [2.45, 2.75) is 12.1 Å². The van der Waals surface area contributed by atoms with E-state index in [0.717, 1.165) is 39.2 Å². The molecule has 1 N–H and O–H groups in total. The quantitative estimate of drug-likeness (QED) is 0.716. The first kappa shape index (κ1) is 16.6. The molecule has 0 radical (unpaired) electrons. The normalized spacial score (nSPS) is 12.8. The summed E-state index contributed by atoms with van der Waals surface area (Å²) in [6.45, 7) is 2.65. The van der Waals surface area contributed by atoms with Gasteiger partial charge in [-0.05, 0) is 55.5 Å². The maximum absolute atomic E-state index is 5.50. The van der Waals surface area contributed by atoms with Gasteiger partial charge in [-0.25, -0.2) is 9.66 Å². The molecular weight excluding hydrogens is 346 g/mol. The van der Waals surface area contributed by atoms with Crippen LogP contribution in [0.5, 0.6) is 11.5 Å². The third-order valence-electron chi connectivity index (χ3n) is 4.06. The zero-order valence-corrected chi connectivity index (χ0v) is 15.4. The highest BCUT2D eigenvalue weighted by Crippen LogP contribution is 2.32. The Labute approximate surface area is 156 Å². The SMILES string of the molecule is CCOc1ccc(C2=CSc3nc(-c4ccc(OC)cc4)cn3N2)cc1. The summed E-state index contributed by atoms with van der Waals surface area (Å²) < 4.78 is 12.7. The van der Waals surface area contributed by atoms with Gasteiger partial charge in [-0.15, -0.1) is 0 Å². The van der Waals surface area contributed by atoms with Gasteiger partial charge in [0, 0.05) is 16.5 Å². The molecule has 0 aliphatic carbocycles. The zero-order valence-electron chi connectivity index (χ0n) is 14.6. The van der Waals surface area contributed by atoms with Gasteiger partial charge in [0.25, 0.3) is 0 Å². The predicted molar refractivity (Wildman–Crippen MR) is 105 cm³/mol. The fraction of sp³-hybridized carbons (Fsp3) is 0.150. The molecule has 0 fully saturated rings. The monoisotopic (exact) mass is 365 g/mol. The van der Waals surface area contributed by atoms with Gasteiger partial charge < -0.3 is 9.47 Å². The standard InChI is InChI=1S/C20H19N3O2S/c1-3-25-17-10-6-15(7-11-17)19-13-26-20-21-18(12-23(20)22-19)14-4-8-16(24-2)9-5-14/h4-13,22H,3H2,1-2H3. The number of thioether (sulfide) groups is 1. The zero-order chi connectivity index (χ0) is 17.9. The molecular formula is C20H19N3O2S. The fourth-order valence-electron chi connectivity index (χ4n) is 2.73. The molecule has 3 aromatic rings. The van der Waals surface area contributed by atoms with Crippen molar-refractivity contribution < 1.29 is 9.47 Å². The van der Waals surface area contributed by atoms with Crippen LogP contribution in [0.4, 0.5) is 0 Å². The predicted octanol–water partition coefficient (Wildman–Crippen LogP) is 4.61. The third-order valence-corrected chi connectivity index (χ3v) is 4.91. The second kappa shape index (κ2) is 7.17. The first-order valence-corrected chi connectivity index (χ1v) is 9.25. The second-order valence-corrected chi connectivity index (χ2v) is 6.56. The molecule has 6 heteroatoms. The van der Waals surface area contributed by atoms with Crippen molar-refractivity contribution in [2.24, 2.45) is 0 Å². The Balaban J connectivity index is 1.54. The summed E-state index contributed by atoms with van der Waals surface area (Å²) in [5, 5.41) is 2.99. The molecule has 1 aliphatic rings. The molecule has 2 heterocycles. The van der Waals surface area contributed by atoms with Crippen LogP contribution >= 0.6 is 11.8 Å². The Morgan fingerprint density at radius 2 is 1.69 bits per heavy atom. The Hall–Kier alpha value is -2.86. The number of nitrogens with one attached hydrogen (secondary N) is 1. The van der Waals surface area contributed by atoms with Crippen molar-refractivity contribution in [1.29, 1.82) is 0 Å². The minimum Gasteiger partial charge on any atom is -0.497 e. The summed E-state index contributed by atoms with van der Waals surface area (Å²) in [7, 11) is 1.67. The fourth-order valence-corrected chi connectivity index (χ4v) is 3.50. The van der Waals surface area contributed by atoms with Gasteiger partial charge in [-0.3, -0.25) is 5.43 Å². The van der Waals surface area contributed by atoms with Crippen LogP contribution in [0.25, 0.3) is 17.0 Å². The number of ether oxygens (including phenoxy) is 2. The summed E-state index contributed by atoms with van der Waals surface area (Å²) in [5.41, 5.74) is 7.51. The lowest BCUT2D eigenvalue weighted by atomic mass is 10.1. The van der Waals surface area contributed by atoms with Gasteiger partial charge in [-0.1, -0.05) is 11.8 Å². The molecule has 5 nitrogen and oxygen atoms in total. The highest BCUT2D eigenvalue weighted by Gasteiger charge is 2.16. The number of hydrogen-bond donors (Lipinski definition) is 1. The Morgan fingerprint density at radius 3 is 2.38 bits per heavy atom. The topological polar surface area (TPSA) is 48.3 Å². The lowest BCUT2D eigenvalue weighted by Crippen LogP contribution is -2.16. The molecule has 0 bridgehead atoms. The second-order valence-electron chi connectivity index (χ2n) is 5.73. The molecule has 0 amide bonds. The molecule has 26 heavy (non-hydrogen) atoms. The molecule has 0 saturated heterocycles. The Kier molecular flexibility index (Phi) is 4.58. The van der Waals surface area contributed by atoms with E-state index in [-0.39, 0.29) is 0 Å². The van der Waals surface area contributed by atoms with E-state index < -0.39 is 0 Å². The van der Waals surface area contributed by atoms with E-state index in [9.17, 15) is 0 Å². The van der Waals surface area contributed by atoms with E-state index in [4.69, 9.17) is 14.5 Å². The molecule has 0 saturated carbocycles. The van der Waals surface area contributed by atoms with Crippen LogP contribution in [0.2, 0.25) is 0 Å². The molecule has 0 unspecified atom stereocenters. The summed E-state index contributed by atoms with van der Waals surface area (Å²) in [5.74, 6) is 1.72. The van der Waals surface area contributed by atoms with E-state index in [1.54, 1.807) is 18.9 Å². The van der Waals surface area contributed by atoms with Gasteiger partial charge in [-0.2, -0.15) is 0 Å². The molecule has 0 atom stereocenters. The minimum absolute atomic E-state index is 0.669. The maximum Gasteiger partial charge on any atom is 0.192 e. The number of hydrogen-bond acceptors (Lipinski definition) is 5. The van der Waals surface area contributed by atoms with Crippen molar-refractivity contribution in [2.75, 3.05) is 19.1 Å². The largest absolute Gasteiger partial charge is 0.497 e. The van der Waals surface area contributed by atoms with Crippen LogP contribution in [-0.2, 0) is 0 Å². The minimum atomic E-state index is 0.669. The molecule has 132 valence electrons. The van der Waals surface area contributed by atoms with Crippen LogP contribution in [-0.4, -0.2) is 23.4 Å². The molecule has 0 spiro atoms. The number of nitrogens with zero attached hydrogens (tertiary/aromatic N) is 2. The number of benzene rings is 2. The maximum atomic E-state index is 5.50. The van der Waals surface area contributed by atoms with Crippen molar-refractivity contribution in [3.8, 4) is 22.8 Å². The van der Waals surface area contributed by atoms with Crippen LogP contribution < -0.4 is 14.9 Å². The van der Waals surface area contributed by atoms with Crippen LogP contribution in [0.15, 0.2) is 65.3 Å². The van der Waals surface area contributed by atoms with Crippen molar-refractivity contribution in [3.63, 3.8) is 0 Å². The summed E-state index contributed by atoms with van der Waals surface area (Å²) >= 11 is 1.60. The van der Waals surface area contributed by atoms with Crippen LogP contribution in [0.1, 0.15) is 12.5 Å². The number of methoxy groups -OCH3 is 1. The lowest BCUT2D eigenvalue weighted by Gasteiger charge is -2.18. The average molecular weight is 365 g/mol.